The van der Waals surface area contributed by atoms with Crippen LogP contribution in [0.4, 0.5) is 0 Å². The van der Waals surface area contributed by atoms with Crippen LogP contribution in [0.3, 0.4) is 0 Å². The molecule has 1 aliphatic rings. The zero-order valence-electron chi connectivity index (χ0n) is 20.3. The summed E-state index contributed by atoms with van der Waals surface area (Å²) in [6.07, 6.45) is 13.1. The molecule has 176 valence electrons. The average molecular weight is 447 g/mol. The van der Waals surface area contributed by atoms with Gasteiger partial charge in [0.15, 0.2) is 0 Å². The summed E-state index contributed by atoms with van der Waals surface area (Å²) in [4.78, 5) is 4.62. The van der Waals surface area contributed by atoms with E-state index in [9.17, 15) is 0 Å². The average Bonchev–Trinajstić information content (AvgIpc) is 3.36. The van der Waals surface area contributed by atoms with Gasteiger partial charge in [0, 0.05) is 11.1 Å². The van der Waals surface area contributed by atoms with E-state index in [0.717, 1.165) is 42.2 Å². The molecule has 3 aromatic rings. The van der Waals surface area contributed by atoms with E-state index in [-0.39, 0.29) is 0 Å². The van der Waals surface area contributed by atoms with Gasteiger partial charge in [0.05, 0.1) is 6.61 Å². The number of benzene rings is 2. The lowest BCUT2D eigenvalue weighted by Gasteiger charge is -2.29. The monoisotopic (exact) mass is 446 g/mol. The van der Waals surface area contributed by atoms with Gasteiger partial charge in [-0.1, -0.05) is 75.4 Å². The third-order valence-electron chi connectivity index (χ3n) is 7.00. The Balaban J connectivity index is 1.33. The molecule has 0 N–H and O–H groups in total. The van der Waals surface area contributed by atoms with Gasteiger partial charge in [0.25, 0.3) is 5.89 Å². The number of unbranched alkanes of at least 4 members (excludes halogenated alkanes) is 3. The number of ether oxygens (including phenoxy) is 1. The first-order valence-corrected chi connectivity index (χ1v) is 12.9. The highest BCUT2D eigenvalue weighted by molar-refractivity contribution is 5.60. The number of rotatable bonds is 11. The summed E-state index contributed by atoms with van der Waals surface area (Å²) in [6, 6.07) is 16.7. The van der Waals surface area contributed by atoms with Gasteiger partial charge >= 0.3 is 0 Å². The predicted octanol–water partition coefficient (Wildman–Crippen LogP) is 8.44. The van der Waals surface area contributed by atoms with Crippen molar-refractivity contribution in [1.29, 1.82) is 0 Å². The van der Waals surface area contributed by atoms with E-state index in [0.29, 0.717) is 17.6 Å². The summed E-state index contributed by atoms with van der Waals surface area (Å²) in [6.45, 7) is 5.20. The smallest absolute Gasteiger partial charge is 0.258 e. The summed E-state index contributed by atoms with van der Waals surface area (Å²) in [7, 11) is 0. The van der Waals surface area contributed by atoms with Crippen molar-refractivity contribution < 1.29 is 9.26 Å². The number of nitrogens with zero attached hydrogens (tertiary/aromatic N) is 2. The molecular weight excluding hydrogens is 408 g/mol. The first kappa shape index (κ1) is 23.5. The first-order chi connectivity index (χ1) is 16.3. The topological polar surface area (TPSA) is 48.2 Å². The molecule has 0 amide bonds. The van der Waals surface area contributed by atoms with Crippen LogP contribution in [0.2, 0.25) is 0 Å². The van der Waals surface area contributed by atoms with Crippen LogP contribution in [0, 0.1) is 5.92 Å². The maximum atomic E-state index is 5.73. The molecule has 0 spiro atoms. The van der Waals surface area contributed by atoms with E-state index in [2.05, 4.69) is 48.3 Å². The van der Waals surface area contributed by atoms with E-state index >= 15 is 0 Å². The standard InChI is InChI=1S/C29H38N2O2/c1-3-5-7-8-22-9-11-23(12-10-22)24-13-15-25(16-14-24)28-30-29(33-31-28)26-17-19-27(20-18-26)32-21-6-4-2/h13-20,22-23H,3-12,21H2,1-2H3. The second kappa shape index (κ2) is 12.0. The number of hydrogen-bond donors (Lipinski definition) is 0. The molecule has 0 saturated heterocycles. The van der Waals surface area contributed by atoms with Gasteiger partial charge in [-0.25, -0.2) is 0 Å². The quantitative estimate of drug-likeness (QED) is 0.277. The van der Waals surface area contributed by atoms with E-state index in [1.807, 2.05) is 24.3 Å². The zero-order valence-corrected chi connectivity index (χ0v) is 20.3. The highest BCUT2D eigenvalue weighted by atomic mass is 16.5. The summed E-state index contributed by atoms with van der Waals surface area (Å²) in [5.41, 5.74) is 3.36. The van der Waals surface area contributed by atoms with E-state index in [4.69, 9.17) is 9.26 Å². The van der Waals surface area contributed by atoms with Gasteiger partial charge in [-0.05, 0) is 73.8 Å². The fourth-order valence-corrected chi connectivity index (χ4v) is 4.86. The van der Waals surface area contributed by atoms with Gasteiger partial charge in [-0.3, -0.25) is 0 Å². The molecule has 0 atom stereocenters. The fraction of sp³-hybridized carbons (Fsp3) is 0.517. The van der Waals surface area contributed by atoms with Crippen molar-refractivity contribution in [2.45, 2.75) is 84.0 Å². The molecule has 4 rings (SSSR count). The Kier molecular flexibility index (Phi) is 8.57. The Bertz CT molecular complexity index is 954. The van der Waals surface area contributed by atoms with E-state index < -0.39 is 0 Å². The summed E-state index contributed by atoms with van der Waals surface area (Å²) >= 11 is 0. The molecule has 0 unspecified atom stereocenters. The second-order valence-electron chi connectivity index (χ2n) is 9.48. The molecule has 4 nitrogen and oxygen atoms in total. The minimum atomic E-state index is 0.538. The Morgan fingerprint density at radius 3 is 2.21 bits per heavy atom. The molecular formula is C29H38N2O2. The minimum Gasteiger partial charge on any atom is -0.494 e. The predicted molar refractivity (Wildman–Crippen MR) is 134 cm³/mol. The van der Waals surface area contributed by atoms with Crippen molar-refractivity contribution in [3.05, 3.63) is 54.1 Å². The lowest BCUT2D eigenvalue weighted by molar-refractivity contribution is 0.303. The Morgan fingerprint density at radius 2 is 1.52 bits per heavy atom. The summed E-state index contributed by atoms with van der Waals surface area (Å²) < 4.78 is 11.3. The molecule has 33 heavy (non-hydrogen) atoms. The van der Waals surface area contributed by atoms with Crippen molar-refractivity contribution >= 4 is 0 Å². The molecule has 0 aliphatic heterocycles. The molecule has 1 fully saturated rings. The maximum Gasteiger partial charge on any atom is 0.258 e. The molecule has 1 aromatic heterocycles. The van der Waals surface area contributed by atoms with Crippen molar-refractivity contribution in [3.63, 3.8) is 0 Å². The van der Waals surface area contributed by atoms with Crippen LogP contribution in [-0.4, -0.2) is 16.7 Å². The molecule has 2 aromatic carbocycles. The molecule has 0 bridgehead atoms. The lowest BCUT2D eigenvalue weighted by atomic mass is 9.77. The van der Waals surface area contributed by atoms with Crippen LogP contribution in [0.15, 0.2) is 53.1 Å². The summed E-state index contributed by atoms with van der Waals surface area (Å²) in [5, 5.41) is 4.22. The van der Waals surface area contributed by atoms with E-state index in [1.165, 1.54) is 56.9 Å². The zero-order chi connectivity index (χ0) is 22.9. The molecule has 1 saturated carbocycles. The number of hydrogen-bond acceptors (Lipinski definition) is 4. The van der Waals surface area contributed by atoms with Gasteiger partial charge in [-0.15, -0.1) is 0 Å². The molecule has 1 aliphatic carbocycles. The molecule has 4 heteroatoms. The van der Waals surface area contributed by atoms with Gasteiger partial charge in [0.2, 0.25) is 5.82 Å². The lowest BCUT2D eigenvalue weighted by Crippen LogP contribution is -2.13. The van der Waals surface area contributed by atoms with Crippen LogP contribution in [-0.2, 0) is 0 Å². The first-order valence-electron chi connectivity index (χ1n) is 12.9. The largest absolute Gasteiger partial charge is 0.494 e. The van der Waals surface area contributed by atoms with Crippen molar-refractivity contribution in [3.8, 4) is 28.6 Å². The molecule has 0 radical (unpaired) electrons. The third kappa shape index (κ3) is 6.46. The van der Waals surface area contributed by atoms with Crippen molar-refractivity contribution in [2.24, 2.45) is 5.92 Å². The Morgan fingerprint density at radius 1 is 0.818 bits per heavy atom. The van der Waals surface area contributed by atoms with Gasteiger partial charge < -0.3 is 9.26 Å². The van der Waals surface area contributed by atoms with Crippen LogP contribution < -0.4 is 4.74 Å². The van der Waals surface area contributed by atoms with Crippen molar-refractivity contribution in [1.82, 2.24) is 10.1 Å². The minimum absolute atomic E-state index is 0.538. The third-order valence-corrected chi connectivity index (χ3v) is 7.00. The van der Waals surface area contributed by atoms with Gasteiger partial charge in [0.1, 0.15) is 5.75 Å². The SMILES string of the molecule is CCCCCC1CCC(c2ccc(-c3noc(-c4ccc(OCCCC)cc4)n3)cc2)CC1. The van der Waals surface area contributed by atoms with Gasteiger partial charge in [-0.2, -0.15) is 4.98 Å². The second-order valence-corrected chi connectivity index (χ2v) is 9.48. The number of aromatic nitrogens is 2. The molecule has 1 heterocycles. The van der Waals surface area contributed by atoms with Crippen LogP contribution in [0.5, 0.6) is 5.75 Å². The van der Waals surface area contributed by atoms with Crippen molar-refractivity contribution in [2.75, 3.05) is 6.61 Å². The maximum absolute atomic E-state index is 5.73. The summed E-state index contributed by atoms with van der Waals surface area (Å²) in [5.74, 6) is 3.69. The van der Waals surface area contributed by atoms with E-state index in [1.54, 1.807) is 0 Å². The highest BCUT2D eigenvalue weighted by Crippen LogP contribution is 2.38. The highest BCUT2D eigenvalue weighted by Gasteiger charge is 2.22. The van der Waals surface area contributed by atoms with Crippen LogP contribution in [0.25, 0.3) is 22.8 Å². The normalized spacial score (nSPS) is 18.4. The van der Waals surface area contributed by atoms with Crippen LogP contribution >= 0.6 is 0 Å². The Hall–Kier alpha value is -2.62. The Labute approximate surface area is 198 Å². The van der Waals surface area contributed by atoms with Crippen LogP contribution in [0.1, 0.15) is 89.5 Å². The fourth-order valence-electron chi connectivity index (χ4n) is 4.86.